The summed E-state index contributed by atoms with van der Waals surface area (Å²) in [6, 6.07) is 11.2. The van der Waals surface area contributed by atoms with Crippen molar-refractivity contribution >= 4 is 17.2 Å². The van der Waals surface area contributed by atoms with Gasteiger partial charge in [-0.05, 0) is 42.6 Å². The van der Waals surface area contributed by atoms with Crippen molar-refractivity contribution in [3.05, 3.63) is 47.7 Å². The van der Waals surface area contributed by atoms with Crippen molar-refractivity contribution in [1.29, 1.82) is 0 Å². The van der Waals surface area contributed by atoms with Gasteiger partial charge in [-0.1, -0.05) is 11.2 Å². The molecule has 0 unspecified atom stereocenters. The molecule has 3 aromatic rings. The van der Waals surface area contributed by atoms with Crippen molar-refractivity contribution in [3.63, 3.8) is 0 Å². The van der Waals surface area contributed by atoms with E-state index in [4.69, 9.17) is 14.0 Å². The molecule has 1 amide bonds. The number of carbonyl (C=O) groups excluding carboxylic acids is 1. The second-order valence-electron chi connectivity index (χ2n) is 5.59. The lowest BCUT2D eigenvalue weighted by Crippen LogP contribution is -2.28. The quantitative estimate of drug-likeness (QED) is 0.537. The van der Waals surface area contributed by atoms with Crippen molar-refractivity contribution in [2.45, 2.75) is 19.8 Å². The molecule has 142 valence electrons. The van der Waals surface area contributed by atoms with Gasteiger partial charge < -0.3 is 19.3 Å². The summed E-state index contributed by atoms with van der Waals surface area (Å²) in [5.74, 6) is 2.48. The van der Waals surface area contributed by atoms with E-state index in [0.29, 0.717) is 37.9 Å². The number of amides is 1. The van der Waals surface area contributed by atoms with E-state index in [1.54, 1.807) is 11.3 Å². The molecular weight excluding hydrogens is 366 g/mol. The fourth-order valence-corrected chi connectivity index (χ4v) is 2.98. The summed E-state index contributed by atoms with van der Waals surface area (Å²) in [7, 11) is 0. The van der Waals surface area contributed by atoms with Crippen molar-refractivity contribution in [2.24, 2.45) is 0 Å². The lowest BCUT2D eigenvalue weighted by molar-refractivity contribution is -0.121. The smallest absolute Gasteiger partial charge is 0.227 e. The van der Waals surface area contributed by atoms with Gasteiger partial charge in [-0.3, -0.25) is 4.79 Å². The molecular formula is C19H21N3O4S. The number of hydrogen-bond donors (Lipinski definition) is 1. The molecule has 0 aliphatic carbocycles. The van der Waals surface area contributed by atoms with Gasteiger partial charge in [0.05, 0.1) is 18.0 Å². The second-order valence-corrected chi connectivity index (χ2v) is 6.54. The van der Waals surface area contributed by atoms with Crippen LogP contribution in [0.5, 0.6) is 11.5 Å². The number of nitrogens with zero attached hydrogens (tertiary/aromatic N) is 2. The van der Waals surface area contributed by atoms with E-state index in [2.05, 4.69) is 15.5 Å². The van der Waals surface area contributed by atoms with Gasteiger partial charge in [0.25, 0.3) is 0 Å². The van der Waals surface area contributed by atoms with Crippen LogP contribution in [-0.2, 0) is 11.2 Å². The average molecular weight is 387 g/mol. The lowest BCUT2D eigenvalue weighted by atomic mass is 10.3. The monoisotopic (exact) mass is 387 g/mol. The van der Waals surface area contributed by atoms with E-state index in [0.717, 1.165) is 16.4 Å². The van der Waals surface area contributed by atoms with Crippen molar-refractivity contribution < 1.29 is 18.8 Å². The number of ether oxygens (including phenoxy) is 2. The zero-order valence-electron chi connectivity index (χ0n) is 15.0. The van der Waals surface area contributed by atoms with Gasteiger partial charge in [0.2, 0.25) is 17.6 Å². The van der Waals surface area contributed by atoms with Crippen LogP contribution >= 0.6 is 11.3 Å². The van der Waals surface area contributed by atoms with Gasteiger partial charge in [0.1, 0.15) is 18.1 Å². The van der Waals surface area contributed by atoms with E-state index < -0.39 is 0 Å². The molecule has 0 bridgehead atoms. The number of hydrogen-bond acceptors (Lipinski definition) is 7. The first-order valence-electron chi connectivity index (χ1n) is 8.73. The van der Waals surface area contributed by atoms with Gasteiger partial charge >= 0.3 is 0 Å². The first-order chi connectivity index (χ1) is 13.2. The second kappa shape index (κ2) is 9.72. The molecule has 0 saturated carbocycles. The van der Waals surface area contributed by atoms with Gasteiger partial charge in [-0.25, -0.2) is 0 Å². The van der Waals surface area contributed by atoms with E-state index in [1.807, 2.05) is 48.7 Å². The third-order valence-corrected chi connectivity index (χ3v) is 4.47. The number of aromatic nitrogens is 2. The first-order valence-corrected chi connectivity index (χ1v) is 9.61. The zero-order chi connectivity index (χ0) is 18.9. The van der Waals surface area contributed by atoms with Gasteiger partial charge in [-0.15, -0.1) is 11.3 Å². The van der Waals surface area contributed by atoms with Crippen LogP contribution in [0.1, 0.15) is 19.2 Å². The Morgan fingerprint density at radius 1 is 1.19 bits per heavy atom. The normalized spacial score (nSPS) is 10.6. The summed E-state index contributed by atoms with van der Waals surface area (Å²) in [5.41, 5.74) is 0. The van der Waals surface area contributed by atoms with Crippen LogP contribution in [0.4, 0.5) is 0 Å². The van der Waals surface area contributed by atoms with E-state index in [-0.39, 0.29) is 12.3 Å². The van der Waals surface area contributed by atoms with Crippen LogP contribution < -0.4 is 14.8 Å². The minimum absolute atomic E-state index is 0.0823. The number of aryl methyl sites for hydroxylation is 1. The maximum absolute atomic E-state index is 11.9. The Kier molecular flexibility index (Phi) is 6.81. The minimum atomic E-state index is -0.0823. The third kappa shape index (κ3) is 5.82. The molecule has 1 aromatic carbocycles. The highest BCUT2D eigenvalue weighted by Crippen LogP contribution is 2.21. The molecule has 3 rings (SSSR count). The molecule has 0 fully saturated rings. The SMILES string of the molecule is CCOc1ccc(OCCNC(=O)CCc2nc(-c3cccs3)no2)cc1. The van der Waals surface area contributed by atoms with Crippen molar-refractivity contribution in [2.75, 3.05) is 19.8 Å². The van der Waals surface area contributed by atoms with Crippen LogP contribution in [0.3, 0.4) is 0 Å². The number of benzene rings is 1. The van der Waals surface area contributed by atoms with E-state index in [1.165, 1.54) is 0 Å². The predicted molar refractivity (Wildman–Crippen MR) is 102 cm³/mol. The van der Waals surface area contributed by atoms with Gasteiger partial charge in [0.15, 0.2) is 0 Å². The molecule has 7 nitrogen and oxygen atoms in total. The Labute approximate surface area is 161 Å². The zero-order valence-corrected chi connectivity index (χ0v) is 15.8. The molecule has 0 saturated heterocycles. The summed E-state index contributed by atoms with van der Waals surface area (Å²) < 4.78 is 16.1. The summed E-state index contributed by atoms with van der Waals surface area (Å²) in [5, 5.41) is 8.69. The highest BCUT2D eigenvalue weighted by Gasteiger charge is 2.11. The average Bonchev–Trinajstić information content (AvgIpc) is 3.36. The molecule has 0 radical (unpaired) electrons. The van der Waals surface area contributed by atoms with Crippen molar-refractivity contribution in [1.82, 2.24) is 15.5 Å². The molecule has 2 heterocycles. The minimum Gasteiger partial charge on any atom is -0.494 e. The highest BCUT2D eigenvalue weighted by atomic mass is 32.1. The molecule has 0 spiro atoms. The Hall–Kier alpha value is -2.87. The number of thiophene rings is 1. The largest absolute Gasteiger partial charge is 0.494 e. The van der Waals surface area contributed by atoms with E-state index in [9.17, 15) is 4.79 Å². The van der Waals surface area contributed by atoms with Gasteiger partial charge in [0, 0.05) is 12.8 Å². The third-order valence-electron chi connectivity index (χ3n) is 3.60. The van der Waals surface area contributed by atoms with Gasteiger partial charge in [-0.2, -0.15) is 4.98 Å². The van der Waals surface area contributed by atoms with Crippen LogP contribution in [0, 0.1) is 0 Å². The fraction of sp³-hybridized carbons (Fsp3) is 0.316. The van der Waals surface area contributed by atoms with Crippen LogP contribution in [0.25, 0.3) is 10.7 Å². The highest BCUT2D eigenvalue weighted by molar-refractivity contribution is 7.13. The fourth-order valence-electron chi connectivity index (χ4n) is 2.33. The number of rotatable bonds is 10. The Balaban J connectivity index is 1.33. The van der Waals surface area contributed by atoms with Crippen molar-refractivity contribution in [3.8, 4) is 22.2 Å². The Morgan fingerprint density at radius 3 is 2.67 bits per heavy atom. The summed E-state index contributed by atoms with van der Waals surface area (Å²) in [4.78, 5) is 17.2. The van der Waals surface area contributed by atoms with Crippen LogP contribution in [0.15, 0.2) is 46.3 Å². The molecule has 8 heteroatoms. The standard InChI is InChI=1S/C19H21N3O4S/c1-2-24-14-5-7-15(8-6-14)25-12-11-20-17(23)9-10-18-21-19(22-26-18)16-4-3-13-27-16/h3-8,13H,2,9-12H2,1H3,(H,20,23). The first kappa shape index (κ1) is 18.9. The molecule has 2 aromatic heterocycles. The number of nitrogens with one attached hydrogen (secondary N) is 1. The molecule has 0 aliphatic rings. The maximum atomic E-state index is 11.9. The lowest BCUT2D eigenvalue weighted by Gasteiger charge is -2.08. The predicted octanol–water partition coefficient (Wildman–Crippen LogP) is 3.32. The molecule has 27 heavy (non-hydrogen) atoms. The summed E-state index contributed by atoms with van der Waals surface area (Å²) in [6.45, 7) is 3.39. The van der Waals surface area contributed by atoms with Crippen LogP contribution in [-0.4, -0.2) is 35.8 Å². The maximum Gasteiger partial charge on any atom is 0.227 e. The summed E-state index contributed by atoms with van der Waals surface area (Å²) >= 11 is 1.54. The summed E-state index contributed by atoms with van der Waals surface area (Å²) in [6.07, 6.45) is 0.694. The molecule has 1 N–H and O–H groups in total. The number of carbonyl (C=O) groups is 1. The molecule has 0 aliphatic heterocycles. The topological polar surface area (TPSA) is 86.5 Å². The Morgan fingerprint density at radius 2 is 1.96 bits per heavy atom. The Bertz CT molecular complexity index is 831. The van der Waals surface area contributed by atoms with E-state index >= 15 is 0 Å². The van der Waals surface area contributed by atoms with Crippen LogP contribution in [0.2, 0.25) is 0 Å². The molecule has 0 atom stereocenters.